The molecule has 0 radical (unpaired) electrons. The lowest BCUT2D eigenvalue weighted by molar-refractivity contribution is -0.119. The Morgan fingerprint density at radius 2 is 2.09 bits per heavy atom. The van der Waals surface area contributed by atoms with E-state index in [2.05, 4.69) is 15.5 Å². The lowest BCUT2D eigenvalue weighted by atomic mass is 10.1. The van der Waals surface area contributed by atoms with Crippen LogP contribution in [0.2, 0.25) is 0 Å². The van der Waals surface area contributed by atoms with E-state index in [0.717, 1.165) is 18.4 Å². The molecular formula is C16H21N3O3S. The zero-order valence-corrected chi connectivity index (χ0v) is 14.1. The van der Waals surface area contributed by atoms with E-state index >= 15 is 0 Å². The van der Waals surface area contributed by atoms with Crippen LogP contribution in [-0.4, -0.2) is 26.0 Å². The first kappa shape index (κ1) is 17.3. The molecule has 0 spiro atoms. The Hall–Kier alpha value is -2.02. The number of benzene rings is 1. The Bertz CT molecular complexity index is 658. The fourth-order valence-electron chi connectivity index (χ4n) is 2.12. The summed E-state index contributed by atoms with van der Waals surface area (Å²) in [5, 5.41) is 6.64. The minimum atomic E-state index is -1.37. The normalized spacial score (nSPS) is 13.5. The fraction of sp³-hybridized carbons (Fsp3) is 0.438. The average molecular weight is 335 g/mol. The van der Waals surface area contributed by atoms with E-state index in [-0.39, 0.29) is 23.5 Å². The summed E-state index contributed by atoms with van der Waals surface area (Å²) in [7, 11) is -1.37. The molecule has 2 aromatic rings. The van der Waals surface area contributed by atoms with Gasteiger partial charge in [-0.15, -0.1) is 0 Å². The number of aryl methyl sites for hydroxylation is 1. The third kappa shape index (κ3) is 5.59. The van der Waals surface area contributed by atoms with Gasteiger partial charge in [0.25, 0.3) is 0 Å². The topological polar surface area (TPSA) is 85.1 Å². The number of carbonyl (C=O) groups is 1. The molecule has 2 rings (SSSR count). The van der Waals surface area contributed by atoms with Gasteiger partial charge in [0.15, 0.2) is 5.82 Å². The van der Waals surface area contributed by atoms with Crippen LogP contribution >= 0.6 is 0 Å². The second-order valence-corrected chi connectivity index (χ2v) is 6.74. The first-order chi connectivity index (χ1) is 11.1. The predicted octanol–water partition coefficient (Wildman–Crippen LogP) is 2.15. The molecule has 1 aromatic heterocycles. The summed E-state index contributed by atoms with van der Waals surface area (Å²) in [4.78, 5) is 16.1. The molecule has 0 saturated carbocycles. The van der Waals surface area contributed by atoms with E-state index in [9.17, 15) is 9.00 Å². The van der Waals surface area contributed by atoms with Gasteiger partial charge in [-0.3, -0.25) is 9.00 Å². The van der Waals surface area contributed by atoms with E-state index in [0.29, 0.717) is 11.7 Å². The highest BCUT2D eigenvalue weighted by atomic mass is 32.2. The summed E-state index contributed by atoms with van der Waals surface area (Å²) in [6.45, 7) is 3.91. The maximum absolute atomic E-state index is 12.0. The summed E-state index contributed by atoms with van der Waals surface area (Å²) < 4.78 is 17.1. The quantitative estimate of drug-likeness (QED) is 0.799. The predicted molar refractivity (Wildman–Crippen MR) is 88.0 cm³/mol. The van der Waals surface area contributed by atoms with Gasteiger partial charge in [-0.2, -0.15) is 4.98 Å². The number of nitrogens with zero attached hydrogens (tertiary/aromatic N) is 2. The first-order valence-corrected chi connectivity index (χ1v) is 9.08. The highest BCUT2D eigenvalue weighted by Gasteiger charge is 2.15. The molecule has 0 saturated heterocycles. The molecule has 0 aliphatic heterocycles. The number of rotatable bonds is 8. The van der Waals surface area contributed by atoms with Crippen LogP contribution in [0.15, 0.2) is 34.9 Å². The lowest BCUT2D eigenvalue weighted by Crippen LogP contribution is -2.31. The van der Waals surface area contributed by atoms with Gasteiger partial charge in [-0.1, -0.05) is 42.4 Å². The van der Waals surface area contributed by atoms with Crippen LogP contribution in [0, 0.1) is 0 Å². The largest absolute Gasteiger partial charge is 0.349 e. The second kappa shape index (κ2) is 8.57. The lowest BCUT2D eigenvalue weighted by Gasteiger charge is -2.13. The number of hydrogen-bond donors (Lipinski definition) is 1. The molecule has 7 heteroatoms. The molecule has 1 aromatic carbocycles. The van der Waals surface area contributed by atoms with Gasteiger partial charge < -0.3 is 9.84 Å². The van der Waals surface area contributed by atoms with Gasteiger partial charge >= 0.3 is 0 Å². The van der Waals surface area contributed by atoms with Crippen LogP contribution in [0.1, 0.15) is 43.6 Å². The molecule has 124 valence electrons. The van der Waals surface area contributed by atoms with Gasteiger partial charge in [0.2, 0.25) is 11.8 Å². The van der Waals surface area contributed by atoms with Crippen molar-refractivity contribution in [1.29, 1.82) is 0 Å². The van der Waals surface area contributed by atoms with Crippen molar-refractivity contribution < 1.29 is 13.5 Å². The fourth-order valence-corrected chi connectivity index (χ4v) is 2.99. The van der Waals surface area contributed by atoms with Gasteiger partial charge in [0.1, 0.15) is 11.5 Å². The second-order valence-electron chi connectivity index (χ2n) is 5.28. The molecule has 1 heterocycles. The molecule has 6 nitrogen and oxygen atoms in total. The SMILES string of the molecule is CCCc1noc(C[S@](=O)CC(=O)N[C@H](C)c2ccccc2)n1. The maximum atomic E-state index is 12.0. The maximum Gasteiger partial charge on any atom is 0.239 e. The van der Waals surface area contributed by atoms with Crippen molar-refractivity contribution in [3.8, 4) is 0 Å². The standard InChI is InChI=1S/C16H21N3O3S/c1-3-7-14-18-16(22-19-14)11-23(21)10-15(20)17-12(2)13-8-5-4-6-9-13/h4-6,8-9,12H,3,7,10-11H2,1-2H3,(H,17,20)/t12-,23-/m1/s1. The minimum Gasteiger partial charge on any atom is -0.349 e. The number of nitrogens with one attached hydrogen (secondary N) is 1. The highest BCUT2D eigenvalue weighted by Crippen LogP contribution is 2.11. The molecule has 0 bridgehead atoms. The van der Waals surface area contributed by atoms with E-state index in [1.165, 1.54) is 0 Å². The average Bonchev–Trinajstić information content (AvgIpc) is 2.95. The number of hydrogen-bond acceptors (Lipinski definition) is 5. The van der Waals surface area contributed by atoms with Crippen molar-refractivity contribution in [2.24, 2.45) is 0 Å². The summed E-state index contributed by atoms with van der Waals surface area (Å²) in [6.07, 6.45) is 1.65. The summed E-state index contributed by atoms with van der Waals surface area (Å²) in [6, 6.07) is 9.51. The Morgan fingerprint density at radius 1 is 1.35 bits per heavy atom. The summed E-state index contributed by atoms with van der Waals surface area (Å²) >= 11 is 0. The van der Waals surface area contributed by atoms with Crippen molar-refractivity contribution in [2.45, 2.75) is 38.5 Å². The van der Waals surface area contributed by atoms with Gasteiger partial charge in [-0.05, 0) is 18.9 Å². The van der Waals surface area contributed by atoms with Crippen molar-refractivity contribution >= 4 is 16.7 Å². The van der Waals surface area contributed by atoms with E-state index < -0.39 is 10.8 Å². The van der Waals surface area contributed by atoms with Gasteiger partial charge in [0.05, 0.1) is 6.04 Å². The Morgan fingerprint density at radius 3 is 2.78 bits per heavy atom. The molecule has 2 atom stereocenters. The van der Waals surface area contributed by atoms with Crippen molar-refractivity contribution in [1.82, 2.24) is 15.5 Å². The summed E-state index contributed by atoms with van der Waals surface area (Å²) in [5.41, 5.74) is 1.01. The smallest absolute Gasteiger partial charge is 0.239 e. The minimum absolute atomic E-state index is 0.0807. The van der Waals surface area contributed by atoms with Crippen LogP contribution in [0.5, 0.6) is 0 Å². The molecule has 23 heavy (non-hydrogen) atoms. The van der Waals surface area contributed by atoms with Crippen molar-refractivity contribution in [3.63, 3.8) is 0 Å². The number of carbonyl (C=O) groups excluding carboxylic acids is 1. The molecule has 1 amide bonds. The third-order valence-electron chi connectivity index (χ3n) is 3.24. The third-order valence-corrected chi connectivity index (χ3v) is 4.39. The number of amides is 1. The van der Waals surface area contributed by atoms with Crippen LogP contribution in [0.4, 0.5) is 0 Å². The van der Waals surface area contributed by atoms with Gasteiger partial charge in [0, 0.05) is 17.2 Å². The molecule has 1 N–H and O–H groups in total. The molecule has 0 fully saturated rings. The van der Waals surface area contributed by atoms with Crippen molar-refractivity contribution in [2.75, 3.05) is 5.75 Å². The van der Waals surface area contributed by atoms with E-state index in [1.807, 2.05) is 44.2 Å². The van der Waals surface area contributed by atoms with Crippen LogP contribution < -0.4 is 5.32 Å². The monoisotopic (exact) mass is 335 g/mol. The van der Waals surface area contributed by atoms with E-state index in [1.54, 1.807) is 0 Å². The molecule has 0 aliphatic rings. The Balaban J connectivity index is 1.81. The van der Waals surface area contributed by atoms with Crippen LogP contribution in [-0.2, 0) is 27.8 Å². The Labute approximate surface area is 138 Å². The summed E-state index contributed by atoms with van der Waals surface area (Å²) in [5.74, 6) is 0.692. The highest BCUT2D eigenvalue weighted by molar-refractivity contribution is 7.84. The molecular weight excluding hydrogens is 314 g/mol. The number of aromatic nitrogens is 2. The molecule has 0 aliphatic carbocycles. The van der Waals surface area contributed by atoms with Crippen molar-refractivity contribution in [3.05, 3.63) is 47.6 Å². The Kier molecular flexibility index (Phi) is 6.46. The molecule has 0 unspecified atom stereocenters. The zero-order chi connectivity index (χ0) is 16.7. The van der Waals surface area contributed by atoms with Crippen LogP contribution in [0.25, 0.3) is 0 Å². The van der Waals surface area contributed by atoms with Crippen LogP contribution in [0.3, 0.4) is 0 Å². The zero-order valence-electron chi connectivity index (χ0n) is 13.3. The van der Waals surface area contributed by atoms with E-state index in [4.69, 9.17) is 4.52 Å². The first-order valence-electron chi connectivity index (χ1n) is 7.59. The van der Waals surface area contributed by atoms with Gasteiger partial charge in [-0.25, -0.2) is 0 Å².